The Hall–Kier alpha value is -2.65. The Balaban J connectivity index is 1.56. The average molecular weight is 442 g/mol. The minimum atomic E-state index is -0.208. The molecule has 0 saturated heterocycles. The summed E-state index contributed by atoms with van der Waals surface area (Å²) in [4.78, 5) is 30.3. The zero-order valence-corrected chi connectivity index (χ0v) is 18.9. The van der Waals surface area contributed by atoms with Crippen LogP contribution in [0.25, 0.3) is 16.7 Å². The van der Waals surface area contributed by atoms with E-state index in [0.717, 1.165) is 17.7 Å². The first kappa shape index (κ1) is 21.6. The topological polar surface area (TPSA) is 91.0 Å². The number of aromatic nitrogens is 4. The van der Waals surface area contributed by atoms with Gasteiger partial charge in [-0.25, -0.2) is 9.67 Å². The van der Waals surface area contributed by atoms with Crippen LogP contribution in [0.5, 0.6) is 0 Å². The minimum absolute atomic E-state index is 0.0621. The van der Waals surface area contributed by atoms with Gasteiger partial charge in [-0.1, -0.05) is 29.5 Å². The number of carbonyl (C=O) groups is 1. The van der Waals surface area contributed by atoms with E-state index in [1.165, 1.54) is 17.3 Å². The second-order valence-corrected chi connectivity index (χ2v) is 8.71. The number of amides is 1. The lowest BCUT2D eigenvalue weighted by atomic mass is 10.1. The van der Waals surface area contributed by atoms with Gasteiger partial charge in [0.1, 0.15) is 5.39 Å². The quantitative estimate of drug-likeness (QED) is 0.427. The van der Waals surface area contributed by atoms with Crippen LogP contribution in [0.4, 0.5) is 0 Å². The second-order valence-electron chi connectivity index (χ2n) is 7.72. The van der Waals surface area contributed by atoms with Crippen molar-refractivity contribution in [2.24, 2.45) is 0 Å². The highest BCUT2D eigenvalue weighted by atomic mass is 32.2. The van der Waals surface area contributed by atoms with E-state index in [-0.39, 0.29) is 23.9 Å². The number of nitrogens with one attached hydrogen (secondary N) is 1. The molecule has 0 aliphatic carbocycles. The summed E-state index contributed by atoms with van der Waals surface area (Å²) in [7, 11) is 0. The molecule has 1 amide bonds. The zero-order chi connectivity index (χ0) is 22.0. The van der Waals surface area contributed by atoms with Gasteiger partial charge in [0, 0.05) is 31.9 Å². The van der Waals surface area contributed by atoms with Gasteiger partial charge in [-0.2, -0.15) is 5.10 Å². The summed E-state index contributed by atoms with van der Waals surface area (Å²) in [6, 6.07) is 5.89. The summed E-state index contributed by atoms with van der Waals surface area (Å²) in [5.41, 5.74) is 3.55. The molecule has 0 bridgehead atoms. The van der Waals surface area contributed by atoms with Crippen LogP contribution in [0.2, 0.25) is 0 Å². The molecular formula is C22H27N5O3S. The van der Waals surface area contributed by atoms with E-state index in [9.17, 15) is 9.59 Å². The number of carbonyl (C=O) groups excluding carboxylic acids is 1. The van der Waals surface area contributed by atoms with Gasteiger partial charge in [0.15, 0.2) is 10.8 Å². The Morgan fingerprint density at radius 3 is 2.97 bits per heavy atom. The van der Waals surface area contributed by atoms with Crippen molar-refractivity contribution >= 4 is 28.7 Å². The van der Waals surface area contributed by atoms with Crippen molar-refractivity contribution in [1.29, 1.82) is 0 Å². The summed E-state index contributed by atoms with van der Waals surface area (Å²) < 4.78 is 8.66. The van der Waals surface area contributed by atoms with Crippen LogP contribution in [-0.2, 0) is 9.53 Å². The predicted octanol–water partition coefficient (Wildman–Crippen LogP) is 2.78. The third-order valence-corrected chi connectivity index (χ3v) is 6.46. The Labute approximate surface area is 185 Å². The lowest BCUT2D eigenvalue weighted by Gasteiger charge is -2.14. The number of thioether (sulfide) groups is 1. The van der Waals surface area contributed by atoms with Crippen molar-refractivity contribution in [2.75, 3.05) is 25.5 Å². The molecule has 164 valence electrons. The van der Waals surface area contributed by atoms with Crippen LogP contribution in [0.3, 0.4) is 0 Å². The van der Waals surface area contributed by atoms with Crippen LogP contribution < -0.4 is 10.9 Å². The molecule has 1 unspecified atom stereocenters. The van der Waals surface area contributed by atoms with Crippen LogP contribution in [0.1, 0.15) is 36.9 Å². The summed E-state index contributed by atoms with van der Waals surface area (Å²) in [6.45, 7) is 7.89. The summed E-state index contributed by atoms with van der Waals surface area (Å²) >= 11 is 1.51. The van der Waals surface area contributed by atoms with E-state index in [1.807, 2.05) is 32.9 Å². The van der Waals surface area contributed by atoms with Crippen molar-refractivity contribution in [3.8, 4) is 5.69 Å². The van der Waals surface area contributed by atoms with Gasteiger partial charge in [0.25, 0.3) is 5.56 Å². The van der Waals surface area contributed by atoms with Gasteiger partial charge in [-0.3, -0.25) is 14.2 Å². The summed E-state index contributed by atoms with van der Waals surface area (Å²) in [5.74, 6) is 0.589. The van der Waals surface area contributed by atoms with Gasteiger partial charge < -0.3 is 10.1 Å². The molecule has 1 aliphatic heterocycles. The average Bonchev–Trinajstić information content (AvgIpc) is 3.33. The first-order valence-corrected chi connectivity index (χ1v) is 11.5. The minimum Gasteiger partial charge on any atom is -0.382 e. The fourth-order valence-corrected chi connectivity index (χ4v) is 4.96. The lowest BCUT2D eigenvalue weighted by Crippen LogP contribution is -2.31. The number of benzene rings is 1. The lowest BCUT2D eigenvalue weighted by molar-refractivity contribution is -0.121. The molecule has 1 aliphatic rings. The predicted molar refractivity (Wildman–Crippen MR) is 121 cm³/mol. The molecule has 0 fully saturated rings. The number of hydrogen-bond acceptors (Lipinski definition) is 6. The first-order valence-electron chi connectivity index (χ1n) is 10.5. The molecule has 0 radical (unpaired) electrons. The first-order chi connectivity index (χ1) is 15.0. The largest absolute Gasteiger partial charge is 0.382 e. The van der Waals surface area contributed by atoms with E-state index in [0.29, 0.717) is 41.7 Å². The van der Waals surface area contributed by atoms with Crippen LogP contribution in [-0.4, -0.2) is 50.8 Å². The molecule has 0 spiro atoms. The molecule has 8 nitrogen and oxygen atoms in total. The number of aryl methyl sites for hydroxylation is 2. The molecule has 3 aromatic rings. The standard InChI is InChI=1S/C22H27N5O3S/c1-4-30-9-5-8-23-19(28)11-16-13-31-22-25-20-17(21(29)26(16)22)12-24-27(20)18-7-6-14(2)10-15(18)3/h6-7,10,12,16H,4-5,8-9,11,13H2,1-3H3,(H,23,28). The third-order valence-electron chi connectivity index (χ3n) is 5.36. The van der Waals surface area contributed by atoms with Gasteiger partial charge in [-0.15, -0.1) is 0 Å². The van der Waals surface area contributed by atoms with Crippen molar-refractivity contribution < 1.29 is 9.53 Å². The fraction of sp³-hybridized carbons (Fsp3) is 0.455. The highest BCUT2D eigenvalue weighted by Crippen LogP contribution is 2.33. The molecule has 3 heterocycles. The molecule has 9 heteroatoms. The van der Waals surface area contributed by atoms with Gasteiger partial charge in [0.2, 0.25) is 5.91 Å². The van der Waals surface area contributed by atoms with Crippen molar-refractivity contribution in [1.82, 2.24) is 24.6 Å². The van der Waals surface area contributed by atoms with Gasteiger partial charge in [-0.05, 0) is 38.8 Å². The van der Waals surface area contributed by atoms with Crippen LogP contribution in [0.15, 0.2) is 34.3 Å². The Morgan fingerprint density at radius 2 is 2.19 bits per heavy atom. The molecular weight excluding hydrogens is 414 g/mol. The summed E-state index contributed by atoms with van der Waals surface area (Å²) in [5, 5.41) is 8.46. The van der Waals surface area contributed by atoms with E-state index in [4.69, 9.17) is 9.72 Å². The van der Waals surface area contributed by atoms with Crippen molar-refractivity contribution in [2.45, 2.75) is 44.8 Å². The number of hydrogen-bond donors (Lipinski definition) is 1. The highest BCUT2D eigenvalue weighted by Gasteiger charge is 2.29. The molecule has 0 saturated carbocycles. The zero-order valence-electron chi connectivity index (χ0n) is 18.1. The van der Waals surface area contributed by atoms with E-state index in [2.05, 4.69) is 16.5 Å². The van der Waals surface area contributed by atoms with Crippen LogP contribution in [0, 0.1) is 13.8 Å². The van der Waals surface area contributed by atoms with Crippen LogP contribution >= 0.6 is 11.8 Å². The third kappa shape index (κ3) is 4.38. The molecule has 31 heavy (non-hydrogen) atoms. The van der Waals surface area contributed by atoms with Gasteiger partial charge in [0.05, 0.1) is 17.9 Å². The monoisotopic (exact) mass is 441 g/mol. The molecule has 2 aromatic heterocycles. The Morgan fingerprint density at radius 1 is 1.35 bits per heavy atom. The SMILES string of the molecule is CCOCCCNC(=O)CC1CSc2nc3c(cnn3-c3ccc(C)cc3C)c(=O)n21. The second kappa shape index (κ2) is 9.23. The van der Waals surface area contributed by atoms with Gasteiger partial charge >= 0.3 is 0 Å². The fourth-order valence-electron chi connectivity index (χ4n) is 3.83. The number of rotatable bonds is 8. The smallest absolute Gasteiger partial charge is 0.265 e. The Kier molecular flexibility index (Phi) is 6.43. The molecule has 4 rings (SSSR count). The maximum atomic E-state index is 13.2. The van der Waals surface area contributed by atoms with Crippen molar-refractivity contribution in [3.05, 3.63) is 45.9 Å². The van der Waals surface area contributed by atoms with E-state index < -0.39 is 0 Å². The molecule has 1 aromatic carbocycles. The number of ether oxygens (including phenoxy) is 1. The molecule has 1 atom stereocenters. The van der Waals surface area contributed by atoms with E-state index in [1.54, 1.807) is 15.4 Å². The number of nitrogens with zero attached hydrogens (tertiary/aromatic N) is 4. The highest BCUT2D eigenvalue weighted by molar-refractivity contribution is 7.99. The summed E-state index contributed by atoms with van der Waals surface area (Å²) in [6.07, 6.45) is 2.60. The maximum absolute atomic E-state index is 13.2. The van der Waals surface area contributed by atoms with E-state index >= 15 is 0 Å². The van der Waals surface area contributed by atoms with Crippen molar-refractivity contribution in [3.63, 3.8) is 0 Å². The Bertz CT molecular complexity index is 1170. The molecule has 1 N–H and O–H groups in total. The maximum Gasteiger partial charge on any atom is 0.265 e. The normalized spacial score (nSPS) is 15.4. The number of fused-ring (bicyclic) bond motifs is 2.